The van der Waals surface area contributed by atoms with Crippen molar-refractivity contribution in [1.82, 2.24) is 10.3 Å². The zero-order chi connectivity index (χ0) is 9.68. The van der Waals surface area contributed by atoms with E-state index in [-0.39, 0.29) is 5.91 Å². The fourth-order valence-corrected chi connectivity index (χ4v) is 1.67. The van der Waals surface area contributed by atoms with Crippen LogP contribution in [0.1, 0.15) is 10.7 Å². The lowest BCUT2D eigenvalue weighted by Crippen LogP contribution is -2.30. The molecule has 1 rings (SSSR count). The molecule has 5 heteroatoms. The van der Waals surface area contributed by atoms with Gasteiger partial charge in [-0.1, -0.05) is 0 Å². The molecule has 0 aliphatic carbocycles. The van der Waals surface area contributed by atoms with Crippen molar-refractivity contribution in [1.29, 1.82) is 0 Å². The highest BCUT2D eigenvalue weighted by Gasteiger charge is 2.04. The van der Waals surface area contributed by atoms with Crippen LogP contribution >= 0.6 is 11.3 Å². The van der Waals surface area contributed by atoms with Gasteiger partial charge in [-0.25, -0.2) is 4.98 Å². The van der Waals surface area contributed by atoms with E-state index in [0.29, 0.717) is 19.5 Å². The Balaban J connectivity index is 2.36. The molecule has 0 saturated heterocycles. The molecule has 0 unspecified atom stereocenters. The maximum atomic E-state index is 11.2. The number of carbonyl (C=O) groups is 1. The molecule has 0 aromatic carbocycles. The fraction of sp³-hybridized carbons (Fsp3) is 0.500. The van der Waals surface area contributed by atoms with Crippen LogP contribution in [0, 0.1) is 6.92 Å². The topological polar surface area (TPSA) is 68.0 Å². The minimum Gasteiger partial charge on any atom is -0.354 e. The van der Waals surface area contributed by atoms with E-state index < -0.39 is 0 Å². The van der Waals surface area contributed by atoms with Crippen LogP contribution in [-0.2, 0) is 11.2 Å². The molecule has 0 aliphatic heterocycles. The predicted octanol–water partition coefficient (Wildman–Crippen LogP) is 0.0689. The van der Waals surface area contributed by atoms with Crippen molar-refractivity contribution in [3.63, 3.8) is 0 Å². The van der Waals surface area contributed by atoms with Crippen molar-refractivity contribution in [3.05, 3.63) is 16.1 Å². The maximum absolute atomic E-state index is 11.2. The maximum Gasteiger partial charge on any atom is 0.226 e. The number of nitrogens with two attached hydrogens (primary N) is 1. The van der Waals surface area contributed by atoms with E-state index in [4.69, 9.17) is 5.73 Å². The van der Waals surface area contributed by atoms with Crippen LogP contribution in [0.2, 0.25) is 0 Å². The lowest BCUT2D eigenvalue weighted by molar-refractivity contribution is -0.120. The van der Waals surface area contributed by atoms with Gasteiger partial charge in [0.2, 0.25) is 5.91 Å². The van der Waals surface area contributed by atoms with Crippen molar-refractivity contribution < 1.29 is 4.79 Å². The first-order valence-electron chi connectivity index (χ1n) is 4.10. The Morgan fingerprint density at radius 2 is 2.54 bits per heavy atom. The van der Waals surface area contributed by atoms with E-state index in [1.807, 2.05) is 12.3 Å². The highest BCUT2D eigenvalue weighted by molar-refractivity contribution is 7.09. The van der Waals surface area contributed by atoms with Gasteiger partial charge < -0.3 is 11.1 Å². The number of hydrogen-bond donors (Lipinski definition) is 2. The number of rotatable bonds is 4. The van der Waals surface area contributed by atoms with Crippen molar-refractivity contribution in [3.8, 4) is 0 Å². The number of carbonyl (C=O) groups excluding carboxylic acids is 1. The largest absolute Gasteiger partial charge is 0.354 e. The van der Waals surface area contributed by atoms with Gasteiger partial charge in [0.05, 0.1) is 6.42 Å². The van der Waals surface area contributed by atoms with Crippen molar-refractivity contribution in [2.24, 2.45) is 5.73 Å². The molecule has 1 amide bonds. The number of nitrogens with one attached hydrogen (secondary N) is 1. The summed E-state index contributed by atoms with van der Waals surface area (Å²) >= 11 is 1.51. The first-order valence-corrected chi connectivity index (χ1v) is 4.98. The molecular formula is C8H13N3OS. The third-order valence-corrected chi connectivity index (χ3v) is 2.41. The van der Waals surface area contributed by atoms with Crippen LogP contribution in [0.3, 0.4) is 0 Å². The average molecular weight is 199 g/mol. The van der Waals surface area contributed by atoms with Gasteiger partial charge in [0.1, 0.15) is 5.01 Å². The van der Waals surface area contributed by atoms with Crippen LogP contribution in [0.25, 0.3) is 0 Å². The van der Waals surface area contributed by atoms with Gasteiger partial charge in [0.25, 0.3) is 0 Å². The van der Waals surface area contributed by atoms with Crippen LogP contribution in [-0.4, -0.2) is 24.0 Å². The summed E-state index contributed by atoms with van der Waals surface area (Å²) in [4.78, 5) is 15.4. The zero-order valence-corrected chi connectivity index (χ0v) is 8.36. The fourth-order valence-electron chi connectivity index (χ4n) is 0.895. The first-order chi connectivity index (χ1) is 6.22. The lowest BCUT2D eigenvalue weighted by Gasteiger charge is -1.99. The van der Waals surface area contributed by atoms with Crippen molar-refractivity contribution in [2.45, 2.75) is 13.3 Å². The van der Waals surface area contributed by atoms with Crippen LogP contribution in [0.5, 0.6) is 0 Å². The molecule has 0 bridgehead atoms. The van der Waals surface area contributed by atoms with E-state index >= 15 is 0 Å². The molecule has 0 aliphatic rings. The van der Waals surface area contributed by atoms with Crippen molar-refractivity contribution >= 4 is 17.2 Å². The van der Waals surface area contributed by atoms with E-state index in [9.17, 15) is 4.79 Å². The summed E-state index contributed by atoms with van der Waals surface area (Å²) in [7, 11) is 0. The molecule has 1 aromatic rings. The molecule has 0 saturated carbocycles. The Bertz CT molecular complexity index is 285. The Labute approximate surface area is 81.2 Å². The molecule has 0 atom stereocenters. The summed E-state index contributed by atoms with van der Waals surface area (Å²) in [5.74, 6) is -0.0141. The van der Waals surface area contributed by atoms with E-state index in [2.05, 4.69) is 10.3 Å². The summed E-state index contributed by atoms with van der Waals surface area (Å²) in [5, 5.41) is 5.48. The summed E-state index contributed by atoms with van der Waals surface area (Å²) in [6, 6.07) is 0. The van der Waals surface area contributed by atoms with Gasteiger partial charge in [-0.15, -0.1) is 11.3 Å². The summed E-state index contributed by atoms with van der Waals surface area (Å²) in [6.07, 6.45) is 0.360. The first kappa shape index (κ1) is 10.1. The number of amides is 1. The van der Waals surface area contributed by atoms with Gasteiger partial charge in [0.15, 0.2) is 0 Å². The van der Waals surface area contributed by atoms with Crippen LogP contribution in [0.15, 0.2) is 5.38 Å². The van der Waals surface area contributed by atoms with E-state index in [0.717, 1.165) is 10.7 Å². The van der Waals surface area contributed by atoms with E-state index in [1.54, 1.807) is 0 Å². The molecule has 0 spiro atoms. The smallest absolute Gasteiger partial charge is 0.226 e. The van der Waals surface area contributed by atoms with Gasteiger partial charge in [0, 0.05) is 24.2 Å². The quantitative estimate of drug-likeness (QED) is 0.721. The summed E-state index contributed by atoms with van der Waals surface area (Å²) < 4.78 is 0. The Morgan fingerprint density at radius 3 is 3.08 bits per heavy atom. The predicted molar refractivity (Wildman–Crippen MR) is 52.6 cm³/mol. The van der Waals surface area contributed by atoms with Gasteiger partial charge >= 0.3 is 0 Å². The van der Waals surface area contributed by atoms with Crippen LogP contribution < -0.4 is 11.1 Å². The highest BCUT2D eigenvalue weighted by Crippen LogP contribution is 2.08. The monoisotopic (exact) mass is 199 g/mol. The van der Waals surface area contributed by atoms with Gasteiger partial charge in [-0.2, -0.15) is 0 Å². The second-order valence-corrected chi connectivity index (χ2v) is 3.64. The van der Waals surface area contributed by atoms with Gasteiger partial charge in [-0.3, -0.25) is 4.79 Å². The number of aryl methyl sites for hydroxylation is 1. The minimum atomic E-state index is -0.0141. The normalized spacial score (nSPS) is 10.0. The highest BCUT2D eigenvalue weighted by atomic mass is 32.1. The standard InChI is InChI=1S/C8H13N3OS/c1-6-5-13-8(11-6)4-7(12)10-3-2-9/h5H,2-4,9H2,1H3,(H,10,12). The molecule has 0 radical (unpaired) electrons. The summed E-state index contributed by atoms with van der Waals surface area (Å²) in [6.45, 7) is 2.92. The SMILES string of the molecule is Cc1csc(CC(=O)NCCN)n1. The molecule has 1 aromatic heterocycles. The molecule has 13 heavy (non-hydrogen) atoms. The molecule has 72 valence electrons. The zero-order valence-electron chi connectivity index (χ0n) is 7.54. The van der Waals surface area contributed by atoms with Crippen LogP contribution in [0.4, 0.5) is 0 Å². The Kier molecular flexibility index (Phi) is 3.85. The number of thiazole rings is 1. The summed E-state index contributed by atoms with van der Waals surface area (Å²) in [5.41, 5.74) is 6.21. The molecule has 1 heterocycles. The number of aromatic nitrogens is 1. The second kappa shape index (κ2) is 4.94. The van der Waals surface area contributed by atoms with Gasteiger partial charge in [-0.05, 0) is 6.92 Å². The Morgan fingerprint density at radius 1 is 1.77 bits per heavy atom. The van der Waals surface area contributed by atoms with Crippen molar-refractivity contribution in [2.75, 3.05) is 13.1 Å². The third-order valence-electron chi connectivity index (χ3n) is 1.44. The van der Waals surface area contributed by atoms with E-state index in [1.165, 1.54) is 11.3 Å². The molecule has 0 fully saturated rings. The Hall–Kier alpha value is -0.940. The third kappa shape index (κ3) is 3.52. The average Bonchev–Trinajstić information content (AvgIpc) is 2.48. The second-order valence-electron chi connectivity index (χ2n) is 2.70. The number of nitrogens with zero attached hydrogens (tertiary/aromatic N) is 1. The molecular weight excluding hydrogens is 186 g/mol. The molecule has 3 N–H and O–H groups in total. The lowest BCUT2D eigenvalue weighted by atomic mass is 10.4. The molecule has 4 nitrogen and oxygen atoms in total. The minimum absolute atomic E-state index is 0.0141. The number of hydrogen-bond acceptors (Lipinski definition) is 4.